The standard InChI is InChI=1S/C21H21NO5/c1-13(2)26-18-10-9-14(12-19(18)25-4)11-16-21(23)27-20(22-16)15-7-5-6-8-17(15)24-3/h5-13H,1-4H3/b16-11-. The fourth-order valence-corrected chi connectivity index (χ4v) is 2.63. The van der Waals surface area contributed by atoms with Crippen molar-refractivity contribution in [3.63, 3.8) is 0 Å². The van der Waals surface area contributed by atoms with Gasteiger partial charge in [0.1, 0.15) is 5.75 Å². The molecular weight excluding hydrogens is 346 g/mol. The number of benzene rings is 2. The van der Waals surface area contributed by atoms with Gasteiger partial charge >= 0.3 is 5.97 Å². The van der Waals surface area contributed by atoms with Gasteiger partial charge in [-0.15, -0.1) is 0 Å². The molecule has 0 fully saturated rings. The highest BCUT2D eigenvalue weighted by molar-refractivity contribution is 6.13. The number of carbonyl (C=O) groups is 1. The highest BCUT2D eigenvalue weighted by Crippen LogP contribution is 2.31. The molecule has 0 unspecified atom stereocenters. The summed E-state index contributed by atoms with van der Waals surface area (Å²) in [6, 6.07) is 12.7. The zero-order chi connectivity index (χ0) is 19.4. The predicted molar refractivity (Wildman–Crippen MR) is 102 cm³/mol. The molecule has 0 aromatic heterocycles. The molecule has 0 bridgehead atoms. The van der Waals surface area contributed by atoms with Crippen molar-refractivity contribution in [2.75, 3.05) is 14.2 Å². The number of rotatable bonds is 6. The Kier molecular flexibility index (Phi) is 5.45. The largest absolute Gasteiger partial charge is 0.496 e. The first kappa shape index (κ1) is 18.5. The van der Waals surface area contributed by atoms with E-state index in [1.807, 2.05) is 32.0 Å². The van der Waals surface area contributed by atoms with Gasteiger partial charge in [0, 0.05) is 0 Å². The lowest BCUT2D eigenvalue weighted by molar-refractivity contribution is -0.129. The van der Waals surface area contributed by atoms with Gasteiger partial charge in [-0.1, -0.05) is 18.2 Å². The van der Waals surface area contributed by atoms with Crippen LogP contribution >= 0.6 is 0 Å². The first-order valence-corrected chi connectivity index (χ1v) is 8.52. The molecule has 0 spiro atoms. The number of esters is 1. The minimum Gasteiger partial charge on any atom is -0.496 e. The summed E-state index contributed by atoms with van der Waals surface area (Å²) in [6.45, 7) is 3.88. The van der Waals surface area contributed by atoms with Crippen molar-refractivity contribution in [3.05, 3.63) is 59.3 Å². The summed E-state index contributed by atoms with van der Waals surface area (Å²) in [5.74, 6) is 1.51. The number of carbonyl (C=O) groups excluding carboxylic acids is 1. The van der Waals surface area contributed by atoms with Crippen LogP contribution in [0.1, 0.15) is 25.0 Å². The van der Waals surface area contributed by atoms with E-state index < -0.39 is 5.97 Å². The van der Waals surface area contributed by atoms with Gasteiger partial charge in [-0.2, -0.15) is 0 Å². The van der Waals surface area contributed by atoms with E-state index >= 15 is 0 Å². The van der Waals surface area contributed by atoms with Gasteiger partial charge in [0.2, 0.25) is 5.90 Å². The molecule has 2 aromatic rings. The van der Waals surface area contributed by atoms with E-state index in [-0.39, 0.29) is 17.7 Å². The Balaban J connectivity index is 1.93. The Labute approximate surface area is 158 Å². The van der Waals surface area contributed by atoms with E-state index in [1.165, 1.54) is 0 Å². The summed E-state index contributed by atoms with van der Waals surface area (Å²) < 4.78 is 21.7. The average molecular weight is 367 g/mol. The summed E-state index contributed by atoms with van der Waals surface area (Å²) in [5.41, 5.74) is 1.57. The minimum atomic E-state index is -0.516. The van der Waals surface area contributed by atoms with E-state index in [4.69, 9.17) is 18.9 Å². The lowest BCUT2D eigenvalue weighted by Crippen LogP contribution is -2.07. The molecule has 1 heterocycles. The van der Waals surface area contributed by atoms with Crippen molar-refractivity contribution < 1.29 is 23.7 Å². The Bertz CT molecular complexity index is 915. The maximum Gasteiger partial charge on any atom is 0.363 e. The molecule has 0 amide bonds. The van der Waals surface area contributed by atoms with Gasteiger partial charge in [0.05, 0.1) is 25.9 Å². The lowest BCUT2D eigenvalue weighted by Gasteiger charge is -2.13. The number of ether oxygens (including phenoxy) is 4. The molecule has 0 N–H and O–H groups in total. The number of aliphatic imine (C=N–C) groups is 1. The van der Waals surface area contributed by atoms with Crippen LogP contribution in [-0.4, -0.2) is 32.2 Å². The first-order valence-electron chi connectivity index (χ1n) is 8.52. The summed E-state index contributed by atoms with van der Waals surface area (Å²) in [4.78, 5) is 16.6. The third-order valence-corrected chi connectivity index (χ3v) is 3.81. The summed E-state index contributed by atoms with van der Waals surface area (Å²) in [5, 5.41) is 0. The molecule has 0 aliphatic carbocycles. The Hall–Kier alpha value is -3.28. The van der Waals surface area contributed by atoms with Crippen molar-refractivity contribution in [2.45, 2.75) is 20.0 Å². The highest BCUT2D eigenvalue weighted by Gasteiger charge is 2.26. The monoisotopic (exact) mass is 367 g/mol. The van der Waals surface area contributed by atoms with Gasteiger partial charge < -0.3 is 18.9 Å². The second-order valence-corrected chi connectivity index (χ2v) is 6.11. The van der Waals surface area contributed by atoms with Gasteiger partial charge in [0.15, 0.2) is 17.2 Å². The smallest absolute Gasteiger partial charge is 0.363 e. The topological polar surface area (TPSA) is 66.3 Å². The molecule has 0 radical (unpaired) electrons. The maximum absolute atomic E-state index is 12.2. The number of nitrogens with zero attached hydrogens (tertiary/aromatic N) is 1. The molecule has 0 atom stereocenters. The van der Waals surface area contributed by atoms with E-state index in [0.717, 1.165) is 5.56 Å². The third-order valence-electron chi connectivity index (χ3n) is 3.81. The zero-order valence-electron chi connectivity index (χ0n) is 15.7. The van der Waals surface area contributed by atoms with Crippen LogP contribution in [0, 0.1) is 0 Å². The van der Waals surface area contributed by atoms with Crippen LogP contribution < -0.4 is 14.2 Å². The summed E-state index contributed by atoms with van der Waals surface area (Å²) >= 11 is 0. The summed E-state index contributed by atoms with van der Waals surface area (Å²) in [6.07, 6.45) is 1.67. The van der Waals surface area contributed by atoms with Gasteiger partial charge in [-0.25, -0.2) is 9.79 Å². The Morgan fingerprint density at radius 1 is 1.00 bits per heavy atom. The molecule has 1 aliphatic heterocycles. The molecule has 6 heteroatoms. The predicted octanol–water partition coefficient (Wildman–Crippen LogP) is 3.84. The number of cyclic esters (lactones) is 1. The third kappa shape index (κ3) is 4.11. The highest BCUT2D eigenvalue weighted by atomic mass is 16.6. The van der Waals surface area contributed by atoms with E-state index in [2.05, 4.69) is 4.99 Å². The number of methoxy groups -OCH3 is 2. The molecular formula is C21H21NO5. The van der Waals surface area contributed by atoms with Crippen LogP contribution in [0.3, 0.4) is 0 Å². The molecule has 3 rings (SSSR count). The van der Waals surface area contributed by atoms with E-state index in [1.54, 1.807) is 44.6 Å². The van der Waals surface area contributed by atoms with Gasteiger partial charge in [-0.3, -0.25) is 0 Å². The molecule has 2 aromatic carbocycles. The van der Waals surface area contributed by atoms with E-state index in [9.17, 15) is 4.79 Å². The average Bonchev–Trinajstić information content (AvgIpc) is 3.02. The normalized spacial score (nSPS) is 14.9. The first-order chi connectivity index (χ1) is 13.0. The quantitative estimate of drug-likeness (QED) is 0.573. The minimum absolute atomic E-state index is 0.0286. The van der Waals surface area contributed by atoms with Crippen molar-refractivity contribution in [1.29, 1.82) is 0 Å². The zero-order valence-corrected chi connectivity index (χ0v) is 15.7. The Morgan fingerprint density at radius 3 is 2.44 bits per heavy atom. The van der Waals surface area contributed by atoms with E-state index in [0.29, 0.717) is 22.8 Å². The SMILES string of the molecule is COc1cc(/C=C2\N=C(c3ccccc3OC)OC2=O)ccc1OC(C)C. The molecule has 6 nitrogen and oxygen atoms in total. The van der Waals surface area contributed by atoms with Gasteiger partial charge in [0.25, 0.3) is 0 Å². The van der Waals surface area contributed by atoms with Crippen LogP contribution in [-0.2, 0) is 9.53 Å². The molecule has 140 valence electrons. The summed E-state index contributed by atoms with van der Waals surface area (Å²) in [7, 11) is 3.13. The number of hydrogen-bond donors (Lipinski definition) is 0. The molecule has 27 heavy (non-hydrogen) atoms. The van der Waals surface area contributed by atoms with Crippen molar-refractivity contribution in [1.82, 2.24) is 0 Å². The Morgan fingerprint density at radius 2 is 1.74 bits per heavy atom. The maximum atomic E-state index is 12.2. The van der Waals surface area contributed by atoms with Gasteiger partial charge in [-0.05, 0) is 49.8 Å². The second-order valence-electron chi connectivity index (χ2n) is 6.11. The van der Waals surface area contributed by atoms with Crippen LogP contribution in [0.25, 0.3) is 6.08 Å². The number of hydrogen-bond acceptors (Lipinski definition) is 6. The van der Waals surface area contributed by atoms with Crippen LogP contribution in [0.2, 0.25) is 0 Å². The molecule has 1 aliphatic rings. The van der Waals surface area contributed by atoms with Crippen LogP contribution in [0.15, 0.2) is 53.2 Å². The fraction of sp³-hybridized carbons (Fsp3) is 0.238. The lowest BCUT2D eigenvalue weighted by atomic mass is 10.1. The number of para-hydroxylation sites is 1. The second kappa shape index (κ2) is 7.95. The van der Waals surface area contributed by atoms with Crippen LogP contribution in [0.4, 0.5) is 0 Å². The van der Waals surface area contributed by atoms with Crippen molar-refractivity contribution >= 4 is 17.9 Å². The molecule has 0 saturated heterocycles. The molecule has 0 saturated carbocycles. The van der Waals surface area contributed by atoms with Crippen molar-refractivity contribution in [3.8, 4) is 17.2 Å². The van der Waals surface area contributed by atoms with Crippen LogP contribution in [0.5, 0.6) is 17.2 Å². The van der Waals surface area contributed by atoms with Crippen molar-refractivity contribution in [2.24, 2.45) is 4.99 Å². The fourth-order valence-electron chi connectivity index (χ4n) is 2.63.